The van der Waals surface area contributed by atoms with Gasteiger partial charge in [-0.2, -0.15) is 8.78 Å². The van der Waals surface area contributed by atoms with Crippen molar-refractivity contribution in [2.45, 2.75) is 32.8 Å². The molecule has 1 saturated heterocycles. The number of ether oxygens (including phenoxy) is 1. The molecule has 0 spiro atoms. The first-order valence-corrected chi connectivity index (χ1v) is 12.3. The number of hydrogen-bond acceptors (Lipinski definition) is 6. The van der Waals surface area contributed by atoms with Crippen molar-refractivity contribution in [3.05, 3.63) is 71.7 Å². The summed E-state index contributed by atoms with van der Waals surface area (Å²) >= 11 is 0. The van der Waals surface area contributed by atoms with Crippen LogP contribution in [-0.4, -0.2) is 50.1 Å². The van der Waals surface area contributed by atoms with E-state index in [1.165, 1.54) is 24.5 Å². The van der Waals surface area contributed by atoms with E-state index >= 15 is 4.39 Å². The maximum atomic E-state index is 15.1. The molecule has 0 bridgehead atoms. The number of aromatic nitrogens is 4. The van der Waals surface area contributed by atoms with Gasteiger partial charge in [0.1, 0.15) is 17.2 Å². The van der Waals surface area contributed by atoms with Crippen LogP contribution in [0.15, 0.2) is 48.9 Å². The number of carbonyl (C=O) groups is 1. The van der Waals surface area contributed by atoms with E-state index in [2.05, 4.69) is 19.7 Å². The zero-order chi connectivity index (χ0) is 26.6. The van der Waals surface area contributed by atoms with Crippen LogP contribution in [0.2, 0.25) is 0 Å². The van der Waals surface area contributed by atoms with Gasteiger partial charge >= 0.3 is 12.6 Å². The number of carboxylic acid groups (broad SMARTS) is 1. The van der Waals surface area contributed by atoms with Gasteiger partial charge in [0.15, 0.2) is 0 Å². The number of fused-ring (bicyclic) bond motifs is 2. The van der Waals surface area contributed by atoms with Gasteiger partial charge in [0, 0.05) is 66.6 Å². The highest BCUT2D eigenvalue weighted by Gasteiger charge is 2.62. The average molecular weight is 524 g/mol. The summed E-state index contributed by atoms with van der Waals surface area (Å²) in [5, 5.41) is 9.63. The summed E-state index contributed by atoms with van der Waals surface area (Å²) in [4.78, 5) is 26.9. The molecule has 2 fully saturated rings. The molecule has 1 aliphatic carbocycles. The summed E-state index contributed by atoms with van der Waals surface area (Å²) in [7, 11) is 0. The molecule has 4 aromatic rings. The Morgan fingerprint density at radius 3 is 2.76 bits per heavy atom. The molecule has 1 saturated carbocycles. The van der Waals surface area contributed by atoms with Gasteiger partial charge in [0.25, 0.3) is 0 Å². The zero-order valence-electron chi connectivity index (χ0n) is 20.4. The van der Waals surface area contributed by atoms with E-state index in [9.17, 15) is 18.7 Å². The maximum Gasteiger partial charge on any atom is 0.387 e. The number of piperidine rings is 1. The quantitative estimate of drug-likeness (QED) is 0.374. The first kappa shape index (κ1) is 24.2. The van der Waals surface area contributed by atoms with Crippen LogP contribution in [0.25, 0.3) is 16.8 Å². The second-order valence-corrected chi connectivity index (χ2v) is 9.91. The Bertz CT molecular complexity index is 1540. The Balaban J connectivity index is 1.31. The highest BCUT2D eigenvalue weighted by molar-refractivity contribution is 5.80. The number of rotatable bonds is 7. The third-order valence-corrected chi connectivity index (χ3v) is 7.67. The van der Waals surface area contributed by atoms with Gasteiger partial charge < -0.3 is 19.1 Å². The molecule has 2 atom stereocenters. The second-order valence-electron chi connectivity index (χ2n) is 9.91. The van der Waals surface area contributed by atoms with Gasteiger partial charge in [0.05, 0.1) is 11.1 Å². The molecule has 2 aliphatic rings. The fourth-order valence-electron chi connectivity index (χ4n) is 5.51. The molecule has 1 aliphatic heterocycles. The summed E-state index contributed by atoms with van der Waals surface area (Å²) < 4.78 is 47.3. The van der Waals surface area contributed by atoms with Crippen LogP contribution in [0.5, 0.6) is 5.75 Å². The lowest BCUT2D eigenvalue weighted by Gasteiger charge is -2.30. The molecule has 11 heteroatoms. The average Bonchev–Trinajstić information content (AvgIpc) is 3.57. The third-order valence-electron chi connectivity index (χ3n) is 7.67. The molecule has 3 aromatic heterocycles. The normalized spacial score (nSPS) is 20.6. The molecule has 0 radical (unpaired) electrons. The number of para-hydroxylation sites is 1. The van der Waals surface area contributed by atoms with Crippen molar-refractivity contribution in [1.82, 2.24) is 19.4 Å². The number of aliphatic carboxylic acids is 1. The van der Waals surface area contributed by atoms with Crippen molar-refractivity contribution in [2.75, 3.05) is 18.0 Å². The van der Waals surface area contributed by atoms with Crippen LogP contribution < -0.4 is 9.64 Å². The van der Waals surface area contributed by atoms with Gasteiger partial charge in [-0.05, 0) is 31.7 Å². The molecule has 1 N–H and O–H groups in total. The Morgan fingerprint density at radius 2 is 2.03 bits per heavy atom. The van der Waals surface area contributed by atoms with Crippen LogP contribution in [0.3, 0.4) is 0 Å². The van der Waals surface area contributed by atoms with Crippen LogP contribution in [0.1, 0.15) is 29.8 Å². The maximum absolute atomic E-state index is 15.1. The molecule has 4 heterocycles. The molecule has 8 nitrogen and oxygen atoms in total. The monoisotopic (exact) mass is 523 g/mol. The number of carboxylic acids is 1. The summed E-state index contributed by atoms with van der Waals surface area (Å²) in [6.45, 7) is -0.135. The lowest BCUT2D eigenvalue weighted by Crippen LogP contribution is -2.41. The lowest BCUT2D eigenvalue weighted by atomic mass is 9.98. The summed E-state index contributed by atoms with van der Waals surface area (Å²) in [6, 6.07) is 7.85. The number of halogens is 3. The van der Waals surface area contributed by atoms with E-state index in [0.717, 1.165) is 6.42 Å². The minimum absolute atomic E-state index is 0.0723. The summed E-state index contributed by atoms with van der Waals surface area (Å²) in [5.41, 5.74) is 2.26. The number of anilines is 1. The standard InChI is InChI=1S/C27H24F3N5O3/c1-15-21(8-16-4-2-3-5-22(16)38-25(29)30)35-13-19(20(28)9-23(35)33-15)17-11-31-26(32-12-17)34-7-6-18-10-27(18,14-34)24(36)37/h2-5,9,11-13,18,25H,6-8,10,14H2,1H3,(H,36,37). The highest BCUT2D eigenvalue weighted by Crippen LogP contribution is 2.57. The Kier molecular flexibility index (Phi) is 5.73. The van der Waals surface area contributed by atoms with Crippen molar-refractivity contribution in [2.24, 2.45) is 11.3 Å². The first-order chi connectivity index (χ1) is 18.2. The smallest absolute Gasteiger partial charge is 0.387 e. The van der Waals surface area contributed by atoms with Gasteiger partial charge in [0.2, 0.25) is 5.95 Å². The molecular formula is C27H24F3N5O3. The molecular weight excluding hydrogens is 499 g/mol. The SMILES string of the molecule is Cc1nc2cc(F)c(-c3cnc(N4CCC5CC5(C(=O)O)C4)nc3)cn2c1Cc1ccccc1OC(F)F. The van der Waals surface area contributed by atoms with Crippen LogP contribution in [0.4, 0.5) is 19.1 Å². The number of hydrogen-bond donors (Lipinski definition) is 1. The Hall–Kier alpha value is -4.15. The van der Waals surface area contributed by atoms with E-state index in [1.807, 2.05) is 4.90 Å². The highest BCUT2D eigenvalue weighted by atomic mass is 19.3. The lowest BCUT2D eigenvalue weighted by molar-refractivity contribution is -0.143. The summed E-state index contributed by atoms with van der Waals surface area (Å²) in [5.74, 6) is -0.596. The molecule has 1 aromatic carbocycles. The van der Waals surface area contributed by atoms with E-state index < -0.39 is 23.8 Å². The van der Waals surface area contributed by atoms with Crippen LogP contribution >= 0.6 is 0 Å². The molecule has 196 valence electrons. The molecule has 2 unspecified atom stereocenters. The molecule has 6 rings (SSSR count). The largest absolute Gasteiger partial charge is 0.481 e. The minimum Gasteiger partial charge on any atom is -0.481 e. The number of benzene rings is 1. The first-order valence-electron chi connectivity index (χ1n) is 12.3. The van der Waals surface area contributed by atoms with Crippen molar-refractivity contribution >= 4 is 17.6 Å². The van der Waals surface area contributed by atoms with Crippen molar-refractivity contribution in [3.63, 3.8) is 0 Å². The van der Waals surface area contributed by atoms with Crippen LogP contribution in [-0.2, 0) is 11.2 Å². The van der Waals surface area contributed by atoms with Crippen molar-refractivity contribution in [1.29, 1.82) is 0 Å². The predicted octanol–water partition coefficient (Wildman–Crippen LogP) is 4.73. The van der Waals surface area contributed by atoms with E-state index in [1.54, 1.807) is 35.7 Å². The second kappa shape index (κ2) is 9.00. The predicted molar refractivity (Wildman–Crippen MR) is 132 cm³/mol. The van der Waals surface area contributed by atoms with Crippen molar-refractivity contribution < 1.29 is 27.8 Å². The Labute approximate surface area is 215 Å². The minimum atomic E-state index is -2.95. The number of imidazole rings is 1. The number of aryl methyl sites for hydroxylation is 1. The number of alkyl halides is 2. The zero-order valence-corrected chi connectivity index (χ0v) is 20.4. The van der Waals surface area contributed by atoms with Gasteiger partial charge in [-0.15, -0.1) is 0 Å². The van der Waals surface area contributed by atoms with Gasteiger partial charge in [-0.1, -0.05) is 18.2 Å². The van der Waals surface area contributed by atoms with Gasteiger partial charge in [-0.25, -0.2) is 19.3 Å². The van der Waals surface area contributed by atoms with Crippen molar-refractivity contribution in [3.8, 4) is 16.9 Å². The fraction of sp³-hybridized carbons (Fsp3) is 0.333. The third kappa shape index (κ3) is 4.11. The van der Waals surface area contributed by atoms with E-state index in [-0.39, 0.29) is 23.7 Å². The topological polar surface area (TPSA) is 92.9 Å². The van der Waals surface area contributed by atoms with Gasteiger partial charge in [-0.3, -0.25) is 4.79 Å². The fourth-order valence-corrected chi connectivity index (χ4v) is 5.51. The molecule has 0 amide bonds. The number of pyridine rings is 1. The number of nitrogens with zero attached hydrogens (tertiary/aromatic N) is 5. The molecule has 38 heavy (non-hydrogen) atoms. The van der Waals surface area contributed by atoms with Crippen LogP contribution in [0, 0.1) is 24.1 Å². The van der Waals surface area contributed by atoms with E-state index in [0.29, 0.717) is 53.6 Å². The van der Waals surface area contributed by atoms with E-state index in [4.69, 9.17) is 0 Å². The Morgan fingerprint density at radius 1 is 1.26 bits per heavy atom. The summed E-state index contributed by atoms with van der Waals surface area (Å²) in [6.07, 6.45) is 6.34.